The van der Waals surface area contributed by atoms with Crippen molar-refractivity contribution in [1.29, 1.82) is 0 Å². The number of nitrogens with one attached hydrogen (secondary N) is 1. The highest BCUT2D eigenvalue weighted by molar-refractivity contribution is 9.10. The molecule has 4 heteroatoms. The number of rotatable bonds is 2. The first-order valence-electron chi connectivity index (χ1n) is 4.66. The molecule has 0 radical (unpaired) electrons. The number of benzene rings is 1. The fourth-order valence-electron chi connectivity index (χ4n) is 1.44. The minimum Gasteiger partial charge on any atom is -0.493 e. The van der Waals surface area contributed by atoms with E-state index < -0.39 is 0 Å². The molecule has 0 bridgehead atoms. The number of hydrogen-bond donors (Lipinski definition) is 1. The number of ether oxygens (including phenoxy) is 1. The van der Waals surface area contributed by atoms with Gasteiger partial charge in [-0.3, -0.25) is 4.79 Å². The monoisotopic (exact) mass is 267 g/mol. The Morgan fingerprint density at radius 3 is 3.00 bits per heavy atom. The van der Waals surface area contributed by atoms with Crippen molar-refractivity contribution < 1.29 is 4.74 Å². The zero-order valence-electron chi connectivity index (χ0n) is 8.21. The van der Waals surface area contributed by atoms with E-state index in [9.17, 15) is 4.79 Å². The van der Waals surface area contributed by atoms with Crippen molar-refractivity contribution in [3.05, 3.63) is 39.1 Å². The number of H-pyrrole nitrogens is 1. The van der Waals surface area contributed by atoms with Gasteiger partial charge in [0.05, 0.1) is 16.6 Å². The van der Waals surface area contributed by atoms with E-state index in [-0.39, 0.29) is 5.43 Å². The van der Waals surface area contributed by atoms with Crippen molar-refractivity contribution in [2.24, 2.45) is 0 Å². The van der Waals surface area contributed by atoms with Gasteiger partial charge in [0, 0.05) is 23.7 Å². The summed E-state index contributed by atoms with van der Waals surface area (Å²) in [6.07, 6.45) is 1.63. The molecule has 2 rings (SSSR count). The molecule has 15 heavy (non-hydrogen) atoms. The lowest BCUT2D eigenvalue weighted by Crippen LogP contribution is -2.01. The van der Waals surface area contributed by atoms with Crippen molar-refractivity contribution in [2.45, 2.75) is 6.92 Å². The third kappa shape index (κ3) is 1.90. The van der Waals surface area contributed by atoms with Gasteiger partial charge in [-0.15, -0.1) is 0 Å². The summed E-state index contributed by atoms with van der Waals surface area (Å²) in [6, 6.07) is 5.11. The van der Waals surface area contributed by atoms with Gasteiger partial charge in [-0.25, -0.2) is 0 Å². The summed E-state index contributed by atoms with van der Waals surface area (Å²) in [5.74, 6) is 0.742. The first kappa shape index (κ1) is 10.2. The molecule has 0 aliphatic rings. The highest BCUT2D eigenvalue weighted by atomic mass is 79.9. The molecule has 78 valence electrons. The minimum atomic E-state index is 0.00694. The number of fused-ring (bicyclic) bond motifs is 1. The third-order valence-corrected chi connectivity index (χ3v) is 2.73. The van der Waals surface area contributed by atoms with Gasteiger partial charge in [-0.05, 0) is 28.9 Å². The largest absolute Gasteiger partial charge is 0.493 e. The van der Waals surface area contributed by atoms with E-state index in [1.165, 1.54) is 6.07 Å². The fourth-order valence-corrected chi connectivity index (χ4v) is 1.90. The van der Waals surface area contributed by atoms with E-state index in [2.05, 4.69) is 20.9 Å². The average molecular weight is 268 g/mol. The fraction of sp³-hybridized carbons (Fsp3) is 0.182. The topological polar surface area (TPSA) is 42.1 Å². The molecule has 1 aromatic carbocycles. The van der Waals surface area contributed by atoms with Crippen LogP contribution in [0.4, 0.5) is 0 Å². The van der Waals surface area contributed by atoms with Gasteiger partial charge in [0.25, 0.3) is 0 Å². The Hall–Kier alpha value is -1.29. The van der Waals surface area contributed by atoms with Crippen LogP contribution in [-0.4, -0.2) is 11.6 Å². The van der Waals surface area contributed by atoms with Gasteiger partial charge in [0.1, 0.15) is 5.75 Å². The molecule has 0 spiro atoms. The summed E-state index contributed by atoms with van der Waals surface area (Å²) in [7, 11) is 0. The molecule has 0 atom stereocenters. The SMILES string of the molecule is CCOc1cc2[nH]ccc(=O)c2cc1Br. The molecule has 0 unspecified atom stereocenters. The maximum Gasteiger partial charge on any atom is 0.189 e. The van der Waals surface area contributed by atoms with Gasteiger partial charge < -0.3 is 9.72 Å². The Morgan fingerprint density at radius 2 is 2.27 bits per heavy atom. The Balaban J connectivity index is 2.71. The summed E-state index contributed by atoms with van der Waals surface area (Å²) in [5, 5.41) is 0.660. The van der Waals surface area contributed by atoms with E-state index >= 15 is 0 Å². The van der Waals surface area contributed by atoms with Gasteiger partial charge in [-0.2, -0.15) is 0 Å². The molecule has 3 nitrogen and oxygen atoms in total. The average Bonchev–Trinajstić information content (AvgIpc) is 2.21. The van der Waals surface area contributed by atoms with Crippen LogP contribution in [0.2, 0.25) is 0 Å². The van der Waals surface area contributed by atoms with Gasteiger partial charge in [0.15, 0.2) is 5.43 Å². The molecular formula is C11H10BrNO2. The first-order chi connectivity index (χ1) is 7.22. The molecule has 0 aliphatic carbocycles. The smallest absolute Gasteiger partial charge is 0.189 e. The third-order valence-electron chi connectivity index (χ3n) is 2.11. The Kier molecular flexibility index (Phi) is 2.77. The Morgan fingerprint density at radius 1 is 1.47 bits per heavy atom. The van der Waals surface area contributed by atoms with E-state index in [0.717, 1.165) is 15.7 Å². The molecule has 2 aromatic rings. The van der Waals surface area contributed by atoms with E-state index in [0.29, 0.717) is 12.0 Å². The summed E-state index contributed by atoms with van der Waals surface area (Å²) in [4.78, 5) is 14.5. The standard InChI is InChI=1S/C11H10BrNO2/c1-2-15-11-6-9-7(5-8(11)12)10(14)3-4-13-9/h3-6H,2H2,1H3,(H,13,14). The zero-order chi connectivity index (χ0) is 10.8. The van der Waals surface area contributed by atoms with Crippen molar-refractivity contribution in [1.82, 2.24) is 4.98 Å². The van der Waals surface area contributed by atoms with Crippen LogP contribution in [0, 0.1) is 0 Å². The molecule has 1 N–H and O–H groups in total. The van der Waals surface area contributed by atoms with E-state index in [1.807, 2.05) is 13.0 Å². The molecule has 1 aromatic heterocycles. The van der Waals surface area contributed by atoms with Crippen LogP contribution in [0.5, 0.6) is 5.75 Å². The second-order valence-corrected chi connectivity index (χ2v) is 3.96. The maximum absolute atomic E-state index is 11.5. The predicted molar refractivity (Wildman–Crippen MR) is 63.4 cm³/mol. The van der Waals surface area contributed by atoms with Crippen LogP contribution in [0.1, 0.15) is 6.92 Å². The highest BCUT2D eigenvalue weighted by Gasteiger charge is 2.05. The van der Waals surface area contributed by atoms with Crippen LogP contribution in [0.25, 0.3) is 10.9 Å². The van der Waals surface area contributed by atoms with Crippen molar-refractivity contribution >= 4 is 26.8 Å². The van der Waals surface area contributed by atoms with Crippen LogP contribution < -0.4 is 10.2 Å². The summed E-state index contributed by atoms with van der Waals surface area (Å²) >= 11 is 3.37. The van der Waals surface area contributed by atoms with Gasteiger partial charge in [0.2, 0.25) is 0 Å². The molecular weight excluding hydrogens is 258 g/mol. The normalized spacial score (nSPS) is 10.5. The minimum absolute atomic E-state index is 0.00694. The van der Waals surface area contributed by atoms with Crippen LogP contribution >= 0.6 is 15.9 Å². The lowest BCUT2D eigenvalue weighted by molar-refractivity contribution is 0.338. The number of aromatic nitrogens is 1. The highest BCUT2D eigenvalue weighted by Crippen LogP contribution is 2.28. The van der Waals surface area contributed by atoms with Gasteiger partial charge >= 0.3 is 0 Å². The molecule has 0 fully saturated rings. The van der Waals surface area contributed by atoms with Crippen LogP contribution in [-0.2, 0) is 0 Å². The summed E-state index contributed by atoms with van der Waals surface area (Å²) in [5.41, 5.74) is 0.793. The van der Waals surface area contributed by atoms with Crippen molar-refractivity contribution in [3.63, 3.8) is 0 Å². The molecule has 0 amide bonds. The van der Waals surface area contributed by atoms with Crippen LogP contribution in [0.3, 0.4) is 0 Å². The second kappa shape index (κ2) is 4.06. The number of aromatic amines is 1. The molecule has 0 saturated heterocycles. The second-order valence-electron chi connectivity index (χ2n) is 3.10. The molecule has 0 aliphatic heterocycles. The van der Waals surface area contributed by atoms with Crippen molar-refractivity contribution in [3.8, 4) is 5.75 Å². The maximum atomic E-state index is 11.5. The lowest BCUT2D eigenvalue weighted by Gasteiger charge is -2.06. The van der Waals surface area contributed by atoms with E-state index in [1.54, 1.807) is 12.3 Å². The van der Waals surface area contributed by atoms with Crippen LogP contribution in [0.15, 0.2) is 33.7 Å². The molecule has 1 heterocycles. The Bertz CT molecular complexity index is 548. The number of hydrogen-bond acceptors (Lipinski definition) is 2. The van der Waals surface area contributed by atoms with Gasteiger partial charge in [-0.1, -0.05) is 0 Å². The lowest BCUT2D eigenvalue weighted by atomic mass is 10.2. The first-order valence-corrected chi connectivity index (χ1v) is 5.45. The van der Waals surface area contributed by atoms with E-state index in [4.69, 9.17) is 4.74 Å². The zero-order valence-corrected chi connectivity index (χ0v) is 9.80. The number of pyridine rings is 1. The summed E-state index contributed by atoms with van der Waals surface area (Å²) in [6.45, 7) is 2.52. The number of halogens is 1. The summed E-state index contributed by atoms with van der Waals surface area (Å²) < 4.78 is 6.22. The quantitative estimate of drug-likeness (QED) is 0.909. The predicted octanol–water partition coefficient (Wildman–Crippen LogP) is 2.69. The Labute approximate surface area is 95.2 Å². The molecule has 0 saturated carbocycles. The van der Waals surface area contributed by atoms with Crippen molar-refractivity contribution in [2.75, 3.05) is 6.61 Å².